The number of anilines is 1. The molecule has 1 heterocycles. The van der Waals surface area contributed by atoms with Crippen molar-refractivity contribution in [1.82, 2.24) is 4.57 Å². The molecule has 176 valence electrons. The number of carbonyl (C=O) groups is 2. The molecule has 0 aliphatic heterocycles. The van der Waals surface area contributed by atoms with Crippen molar-refractivity contribution in [1.29, 1.82) is 10.5 Å². The van der Waals surface area contributed by atoms with E-state index in [0.717, 1.165) is 22.8 Å². The highest BCUT2D eigenvalue weighted by Gasteiger charge is 2.21. The molecule has 0 saturated heterocycles. The van der Waals surface area contributed by atoms with E-state index in [9.17, 15) is 14.9 Å². The zero-order valence-electron chi connectivity index (χ0n) is 19.8. The molecule has 0 radical (unpaired) electrons. The second kappa shape index (κ2) is 10.9. The van der Waals surface area contributed by atoms with Gasteiger partial charge in [-0.2, -0.15) is 10.5 Å². The van der Waals surface area contributed by atoms with Crippen molar-refractivity contribution in [3.63, 3.8) is 0 Å². The predicted octanol–water partition coefficient (Wildman–Crippen LogP) is 4.45. The maximum Gasteiger partial charge on any atom is 0.349 e. The van der Waals surface area contributed by atoms with E-state index < -0.39 is 18.0 Å². The second-order valence-corrected chi connectivity index (χ2v) is 7.76. The third kappa shape index (κ3) is 5.76. The summed E-state index contributed by atoms with van der Waals surface area (Å²) in [5.41, 5.74) is 4.03. The van der Waals surface area contributed by atoms with Crippen molar-refractivity contribution >= 4 is 23.6 Å². The quantitative estimate of drug-likeness (QED) is 0.311. The topological polar surface area (TPSA) is 117 Å². The van der Waals surface area contributed by atoms with E-state index in [4.69, 9.17) is 14.7 Å². The number of carbonyl (C=O) groups excluding carboxylic acids is 2. The fraction of sp³-hybridized carbons (Fsp3) is 0.185. The summed E-state index contributed by atoms with van der Waals surface area (Å²) in [4.78, 5) is 25.0. The summed E-state index contributed by atoms with van der Waals surface area (Å²) in [6.07, 6.45) is 0.317. The van der Waals surface area contributed by atoms with E-state index in [-0.39, 0.29) is 5.57 Å². The van der Waals surface area contributed by atoms with Gasteiger partial charge in [0.1, 0.15) is 17.4 Å². The normalized spacial score (nSPS) is 11.7. The average Bonchev–Trinajstić information content (AvgIpc) is 3.15. The number of nitriles is 2. The van der Waals surface area contributed by atoms with Crippen LogP contribution in [0, 0.1) is 36.5 Å². The highest BCUT2D eigenvalue weighted by atomic mass is 16.5. The number of nitrogens with one attached hydrogen (secondary N) is 1. The van der Waals surface area contributed by atoms with Crippen LogP contribution in [0.3, 0.4) is 0 Å². The van der Waals surface area contributed by atoms with E-state index >= 15 is 0 Å². The number of benzene rings is 2. The zero-order valence-corrected chi connectivity index (χ0v) is 19.8. The minimum absolute atomic E-state index is 0.224. The Hall–Kier alpha value is -4.82. The molecule has 1 unspecified atom stereocenters. The Balaban J connectivity index is 1.75. The van der Waals surface area contributed by atoms with Gasteiger partial charge in [-0.05, 0) is 87.0 Å². The van der Waals surface area contributed by atoms with E-state index in [1.807, 2.05) is 60.9 Å². The molecule has 1 atom stereocenters. The van der Waals surface area contributed by atoms with Crippen molar-refractivity contribution in [2.45, 2.75) is 26.9 Å². The molecule has 0 aliphatic carbocycles. The third-order valence-electron chi connectivity index (χ3n) is 5.38. The summed E-state index contributed by atoms with van der Waals surface area (Å²) >= 11 is 0. The zero-order chi connectivity index (χ0) is 25.5. The molecule has 0 aliphatic rings. The van der Waals surface area contributed by atoms with Crippen LogP contribution in [0.1, 0.15) is 29.4 Å². The molecule has 35 heavy (non-hydrogen) atoms. The van der Waals surface area contributed by atoms with Gasteiger partial charge in [-0.3, -0.25) is 4.79 Å². The van der Waals surface area contributed by atoms with Crippen LogP contribution in [0.15, 0.2) is 60.2 Å². The number of aryl methyl sites for hydroxylation is 1. The lowest BCUT2D eigenvalue weighted by Gasteiger charge is -2.13. The molecule has 1 N–H and O–H groups in total. The smallest absolute Gasteiger partial charge is 0.349 e. The molecule has 0 saturated carbocycles. The van der Waals surface area contributed by atoms with Gasteiger partial charge in [-0.1, -0.05) is 0 Å². The van der Waals surface area contributed by atoms with Crippen LogP contribution < -0.4 is 10.1 Å². The summed E-state index contributed by atoms with van der Waals surface area (Å²) in [6.45, 7) is 5.23. The second-order valence-electron chi connectivity index (χ2n) is 7.76. The van der Waals surface area contributed by atoms with Crippen molar-refractivity contribution in [3.8, 4) is 23.6 Å². The number of esters is 1. The maximum atomic E-state index is 12.6. The van der Waals surface area contributed by atoms with Crippen molar-refractivity contribution in [2.24, 2.45) is 0 Å². The predicted molar refractivity (Wildman–Crippen MR) is 131 cm³/mol. The molecule has 3 rings (SSSR count). The molecular weight excluding hydrogens is 444 g/mol. The van der Waals surface area contributed by atoms with Crippen molar-refractivity contribution in [3.05, 3.63) is 82.7 Å². The Morgan fingerprint density at radius 3 is 2.29 bits per heavy atom. The van der Waals surface area contributed by atoms with Gasteiger partial charge in [0.2, 0.25) is 0 Å². The Kier molecular flexibility index (Phi) is 7.70. The highest BCUT2D eigenvalue weighted by Crippen LogP contribution is 2.24. The summed E-state index contributed by atoms with van der Waals surface area (Å²) < 4.78 is 12.4. The van der Waals surface area contributed by atoms with E-state index in [1.54, 1.807) is 31.4 Å². The Bertz CT molecular complexity index is 1350. The van der Waals surface area contributed by atoms with Crippen LogP contribution in [0.4, 0.5) is 5.69 Å². The fourth-order valence-electron chi connectivity index (χ4n) is 3.50. The third-order valence-corrected chi connectivity index (χ3v) is 5.38. The lowest BCUT2D eigenvalue weighted by Crippen LogP contribution is -2.30. The first-order valence-electron chi connectivity index (χ1n) is 10.7. The number of methoxy groups -OCH3 is 1. The summed E-state index contributed by atoms with van der Waals surface area (Å²) in [7, 11) is 1.60. The number of aromatic nitrogens is 1. The molecule has 1 amide bonds. The highest BCUT2D eigenvalue weighted by molar-refractivity contribution is 6.01. The first-order valence-corrected chi connectivity index (χ1v) is 10.7. The Labute approximate surface area is 203 Å². The van der Waals surface area contributed by atoms with E-state index in [2.05, 4.69) is 5.32 Å². The van der Waals surface area contributed by atoms with Crippen LogP contribution in [0.25, 0.3) is 11.8 Å². The van der Waals surface area contributed by atoms with Crippen LogP contribution in [0.5, 0.6) is 5.75 Å². The van der Waals surface area contributed by atoms with E-state index in [0.29, 0.717) is 16.8 Å². The van der Waals surface area contributed by atoms with Gasteiger partial charge in [-0.15, -0.1) is 0 Å². The Morgan fingerprint density at radius 2 is 1.71 bits per heavy atom. The van der Waals surface area contributed by atoms with Crippen LogP contribution in [-0.2, 0) is 14.3 Å². The van der Waals surface area contributed by atoms with Gasteiger partial charge in [0.05, 0.1) is 18.7 Å². The standard InChI is InChI=1S/C27H24N4O4/c1-17-13-21(18(2)31(17)24-9-11-25(34-4)12-10-24)14-22(16-29)27(33)35-19(3)26(32)30-23-7-5-20(15-28)6-8-23/h5-14,19H,1-4H3,(H,30,32)/b22-14+. The molecule has 3 aromatic rings. The molecule has 1 aromatic heterocycles. The minimum atomic E-state index is -1.14. The molecule has 0 bridgehead atoms. The average molecular weight is 469 g/mol. The van der Waals surface area contributed by atoms with E-state index in [1.165, 1.54) is 13.0 Å². The fourth-order valence-corrected chi connectivity index (χ4v) is 3.50. The van der Waals surface area contributed by atoms with Gasteiger partial charge in [-0.25, -0.2) is 4.79 Å². The lowest BCUT2D eigenvalue weighted by molar-refractivity contribution is -0.148. The number of nitrogens with zero attached hydrogens (tertiary/aromatic N) is 3. The van der Waals surface area contributed by atoms with Crippen molar-refractivity contribution < 1.29 is 19.1 Å². The van der Waals surface area contributed by atoms with Crippen LogP contribution >= 0.6 is 0 Å². The summed E-state index contributed by atoms with van der Waals surface area (Å²) in [5.74, 6) is -0.717. The Morgan fingerprint density at radius 1 is 1.06 bits per heavy atom. The molecule has 0 fully saturated rings. The number of hydrogen-bond donors (Lipinski definition) is 1. The number of hydrogen-bond acceptors (Lipinski definition) is 6. The molecule has 8 nitrogen and oxygen atoms in total. The van der Waals surface area contributed by atoms with Crippen LogP contribution in [-0.4, -0.2) is 29.7 Å². The van der Waals surface area contributed by atoms with Crippen molar-refractivity contribution in [2.75, 3.05) is 12.4 Å². The van der Waals surface area contributed by atoms with Gasteiger partial charge in [0.25, 0.3) is 5.91 Å². The SMILES string of the molecule is COc1ccc(-n2c(C)cc(/C=C(\C#N)C(=O)OC(C)C(=O)Nc3ccc(C#N)cc3)c2C)cc1. The number of rotatable bonds is 7. The van der Waals surface area contributed by atoms with Gasteiger partial charge < -0.3 is 19.4 Å². The van der Waals surface area contributed by atoms with Gasteiger partial charge >= 0.3 is 5.97 Å². The molecule has 2 aromatic carbocycles. The molecular formula is C27H24N4O4. The number of ether oxygens (including phenoxy) is 2. The monoisotopic (exact) mass is 468 g/mol. The summed E-state index contributed by atoms with van der Waals surface area (Å²) in [5, 5.41) is 21.0. The number of amides is 1. The van der Waals surface area contributed by atoms with Gasteiger partial charge in [0.15, 0.2) is 6.10 Å². The largest absolute Gasteiger partial charge is 0.497 e. The molecule has 8 heteroatoms. The first kappa shape index (κ1) is 24.8. The lowest BCUT2D eigenvalue weighted by atomic mass is 10.1. The molecule has 0 spiro atoms. The first-order chi connectivity index (χ1) is 16.8. The minimum Gasteiger partial charge on any atom is -0.497 e. The maximum absolute atomic E-state index is 12.6. The summed E-state index contributed by atoms with van der Waals surface area (Å²) in [6, 6.07) is 19.5. The van der Waals surface area contributed by atoms with Crippen LogP contribution in [0.2, 0.25) is 0 Å². The van der Waals surface area contributed by atoms with Gasteiger partial charge in [0, 0.05) is 22.8 Å².